The molecule has 0 spiro atoms. The predicted octanol–water partition coefficient (Wildman–Crippen LogP) is 1.79. The van der Waals surface area contributed by atoms with Crippen LogP contribution < -0.4 is 10.6 Å². The van der Waals surface area contributed by atoms with Crippen LogP contribution in [0, 0.1) is 0 Å². The maximum atomic E-state index is 11.9. The Hall–Kier alpha value is -2.13. The highest BCUT2D eigenvalue weighted by atomic mass is 32.2. The standard InChI is InChI=1S/C14H15N5O2S2/c20-11(19-7-6-15-13(19)21)9-22-14-18-17-12(23-14)16-8-10-4-2-1-3-5-10/h1-5H,6-9H2,(H,15,21)(H,16,17). The number of aromatic nitrogens is 2. The first-order chi connectivity index (χ1) is 11.2. The number of thioether (sulfide) groups is 1. The maximum Gasteiger partial charge on any atom is 0.324 e. The second-order valence-corrected chi connectivity index (χ2v) is 6.98. The van der Waals surface area contributed by atoms with Crippen LogP contribution in [-0.2, 0) is 11.3 Å². The number of nitrogens with one attached hydrogen (secondary N) is 2. The first kappa shape index (κ1) is 15.8. The van der Waals surface area contributed by atoms with Crippen LogP contribution >= 0.6 is 23.1 Å². The van der Waals surface area contributed by atoms with E-state index < -0.39 is 0 Å². The lowest BCUT2D eigenvalue weighted by Gasteiger charge is -2.10. The Morgan fingerprint density at radius 2 is 2.17 bits per heavy atom. The van der Waals surface area contributed by atoms with Crippen LogP contribution in [0.3, 0.4) is 0 Å². The van der Waals surface area contributed by atoms with Gasteiger partial charge in [0.1, 0.15) is 0 Å². The van der Waals surface area contributed by atoms with Gasteiger partial charge in [0.2, 0.25) is 11.0 Å². The van der Waals surface area contributed by atoms with Gasteiger partial charge >= 0.3 is 6.03 Å². The van der Waals surface area contributed by atoms with Crippen LogP contribution in [0.15, 0.2) is 34.7 Å². The number of imide groups is 1. The van der Waals surface area contributed by atoms with E-state index in [2.05, 4.69) is 20.8 Å². The summed E-state index contributed by atoms with van der Waals surface area (Å²) in [6.45, 7) is 1.62. The number of nitrogens with zero attached hydrogens (tertiary/aromatic N) is 3. The highest BCUT2D eigenvalue weighted by molar-refractivity contribution is 8.01. The maximum absolute atomic E-state index is 11.9. The van der Waals surface area contributed by atoms with Crippen molar-refractivity contribution in [1.29, 1.82) is 0 Å². The molecule has 0 radical (unpaired) electrons. The molecule has 0 aliphatic carbocycles. The summed E-state index contributed by atoms with van der Waals surface area (Å²) in [6, 6.07) is 9.68. The van der Waals surface area contributed by atoms with Crippen LogP contribution in [0.1, 0.15) is 5.56 Å². The molecule has 2 N–H and O–H groups in total. The van der Waals surface area contributed by atoms with Crippen LogP contribution in [0.4, 0.5) is 9.93 Å². The van der Waals surface area contributed by atoms with Gasteiger partial charge < -0.3 is 10.6 Å². The third kappa shape index (κ3) is 4.20. The zero-order valence-electron chi connectivity index (χ0n) is 12.2. The van der Waals surface area contributed by atoms with Crippen molar-refractivity contribution in [3.05, 3.63) is 35.9 Å². The molecule has 9 heteroatoms. The number of hydrogen-bond donors (Lipinski definition) is 2. The van der Waals surface area contributed by atoms with Gasteiger partial charge in [0, 0.05) is 19.6 Å². The number of carbonyl (C=O) groups is 2. The molecule has 0 saturated carbocycles. The van der Waals surface area contributed by atoms with E-state index in [1.807, 2.05) is 30.3 Å². The molecular formula is C14H15N5O2S2. The van der Waals surface area contributed by atoms with Gasteiger partial charge in [-0.3, -0.25) is 9.69 Å². The topological polar surface area (TPSA) is 87.2 Å². The molecule has 3 amide bonds. The number of urea groups is 1. The lowest BCUT2D eigenvalue weighted by Crippen LogP contribution is -2.35. The average Bonchev–Trinajstić information content (AvgIpc) is 3.20. The van der Waals surface area contributed by atoms with Gasteiger partial charge in [0.15, 0.2) is 4.34 Å². The number of amides is 3. The van der Waals surface area contributed by atoms with E-state index >= 15 is 0 Å². The molecule has 1 aromatic carbocycles. The summed E-state index contributed by atoms with van der Waals surface area (Å²) in [5.74, 6) is -0.0280. The fourth-order valence-corrected chi connectivity index (χ4v) is 3.65. The van der Waals surface area contributed by atoms with E-state index in [0.717, 1.165) is 5.56 Å². The minimum atomic E-state index is -0.321. The van der Waals surface area contributed by atoms with Crippen molar-refractivity contribution in [3.8, 4) is 0 Å². The third-order valence-electron chi connectivity index (χ3n) is 3.17. The monoisotopic (exact) mass is 349 g/mol. The lowest BCUT2D eigenvalue weighted by atomic mass is 10.2. The minimum Gasteiger partial charge on any atom is -0.356 e. The molecule has 23 heavy (non-hydrogen) atoms. The molecule has 2 aromatic rings. The first-order valence-corrected chi connectivity index (χ1v) is 8.85. The second kappa shape index (κ2) is 7.42. The summed E-state index contributed by atoms with van der Waals surface area (Å²) in [4.78, 5) is 24.6. The normalized spacial score (nSPS) is 13.9. The number of benzene rings is 1. The van der Waals surface area contributed by atoms with Gasteiger partial charge in [-0.2, -0.15) is 0 Å². The van der Waals surface area contributed by atoms with E-state index in [-0.39, 0.29) is 17.7 Å². The average molecular weight is 349 g/mol. The molecule has 1 fully saturated rings. The molecule has 1 aliphatic heterocycles. The SMILES string of the molecule is O=C(CSc1nnc(NCc2ccccc2)s1)N1CCNC1=O. The minimum absolute atomic E-state index is 0.181. The zero-order valence-corrected chi connectivity index (χ0v) is 13.8. The van der Waals surface area contributed by atoms with Gasteiger partial charge in [0.25, 0.3) is 0 Å². The highest BCUT2D eigenvalue weighted by Crippen LogP contribution is 2.26. The van der Waals surface area contributed by atoms with Crippen molar-refractivity contribution in [2.75, 3.05) is 24.2 Å². The molecule has 1 aromatic heterocycles. The predicted molar refractivity (Wildman–Crippen MR) is 89.5 cm³/mol. The molecule has 1 aliphatic rings. The van der Waals surface area contributed by atoms with E-state index in [1.54, 1.807) is 0 Å². The summed E-state index contributed by atoms with van der Waals surface area (Å²) >= 11 is 2.69. The molecule has 0 bridgehead atoms. The number of anilines is 1. The van der Waals surface area contributed by atoms with Crippen molar-refractivity contribution in [3.63, 3.8) is 0 Å². The number of hydrogen-bond acceptors (Lipinski definition) is 7. The van der Waals surface area contributed by atoms with Crippen LogP contribution in [-0.4, -0.2) is 45.9 Å². The van der Waals surface area contributed by atoms with Crippen molar-refractivity contribution < 1.29 is 9.59 Å². The van der Waals surface area contributed by atoms with Crippen molar-refractivity contribution in [1.82, 2.24) is 20.4 Å². The van der Waals surface area contributed by atoms with Crippen LogP contribution in [0.2, 0.25) is 0 Å². The Labute approximate surface area is 141 Å². The first-order valence-electron chi connectivity index (χ1n) is 7.04. The molecule has 3 rings (SSSR count). The molecule has 120 valence electrons. The molecular weight excluding hydrogens is 334 g/mol. The van der Waals surface area contributed by atoms with E-state index in [0.29, 0.717) is 29.1 Å². The molecule has 0 atom stereocenters. The van der Waals surface area contributed by atoms with Gasteiger partial charge in [-0.25, -0.2) is 4.79 Å². The number of rotatable bonds is 6. The Kier molecular flexibility index (Phi) is 5.09. The van der Waals surface area contributed by atoms with Crippen molar-refractivity contribution in [2.45, 2.75) is 10.9 Å². The zero-order chi connectivity index (χ0) is 16.1. The fourth-order valence-electron chi connectivity index (χ4n) is 2.02. The van der Waals surface area contributed by atoms with Gasteiger partial charge in [-0.15, -0.1) is 10.2 Å². The van der Waals surface area contributed by atoms with Crippen LogP contribution in [0.25, 0.3) is 0 Å². The summed E-state index contributed by atoms with van der Waals surface area (Å²) < 4.78 is 0.702. The summed E-state index contributed by atoms with van der Waals surface area (Å²) in [5, 5.41) is 14.6. The van der Waals surface area contributed by atoms with Crippen molar-refractivity contribution >= 4 is 40.2 Å². The molecule has 1 saturated heterocycles. The summed E-state index contributed by atoms with van der Waals surface area (Å²) in [6.07, 6.45) is 0. The Bertz CT molecular complexity index is 691. The van der Waals surface area contributed by atoms with E-state index in [1.165, 1.54) is 28.0 Å². The van der Waals surface area contributed by atoms with Gasteiger partial charge in [-0.05, 0) is 5.56 Å². The Morgan fingerprint density at radius 3 is 2.91 bits per heavy atom. The number of carbonyl (C=O) groups excluding carboxylic acids is 2. The molecule has 2 heterocycles. The summed E-state index contributed by atoms with van der Waals surface area (Å²) in [5.41, 5.74) is 1.16. The smallest absolute Gasteiger partial charge is 0.324 e. The third-order valence-corrected chi connectivity index (χ3v) is 5.17. The Balaban J connectivity index is 1.47. The quantitative estimate of drug-likeness (QED) is 0.773. The highest BCUT2D eigenvalue weighted by Gasteiger charge is 2.26. The second-order valence-electron chi connectivity index (χ2n) is 4.78. The van der Waals surface area contributed by atoms with Gasteiger partial charge in [0.05, 0.1) is 5.75 Å². The van der Waals surface area contributed by atoms with Gasteiger partial charge in [-0.1, -0.05) is 53.4 Å². The van der Waals surface area contributed by atoms with Crippen molar-refractivity contribution in [2.24, 2.45) is 0 Å². The van der Waals surface area contributed by atoms with E-state index in [9.17, 15) is 9.59 Å². The lowest BCUT2D eigenvalue weighted by molar-refractivity contribution is -0.124. The van der Waals surface area contributed by atoms with Crippen LogP contribution in [0.5, 0.6) is 0 Å². The largest absolute Gasteiger partial charge is 0.356 e. The molecule has 7 nitrogen and oxygen atoms in total. The fraction of sp³-hybridized carbons (Fsp3) is 0.286. The summed E-state index contributed by atoms with van der Waals surface area (Å²) in [7, 11) is 0. The Morgan fingerprint density at radius 1 is 1.35 bits per heavy atom. The molecule has 0 unspecified atom stereocenters. The van der Waals surface area contributed by atoms with E-state index in [4.69, 9.17) is 0 Å².